The lowest BCUT2D eigenvalue weighted by Crippen LogP contribution is -2.24. The summed E-state index contributed by atoms with van der Waals surface area (Å²) in [5.41, 5.74) is 1.45. The van der Waals surface area contributed by atoms with Crippen LogP contribution in [-0.2, 0) is 6.54 Å². The molecule has 0 aliphatic carbocycles. The van der Waals surface area contributed by atoms with E-state index in [0.717, 1.165) is 16.6 Å². The zero-order valence-corrected chi connectivity index (χ0v) is 18.7. The fraction of sp³-hybridized carbons (Fsp3) is 0.217. The van der Waals surface area contributed by atoms with Gasteiger partial charge in [0.25, 0.3) is 5.56 Å². The number of fused-ring (bicyclic) bond motifs is 2. The van der Waals surface area contributed by atoms with Crippen LogP contribution in [0, 0.1) is 11.3 Å². The molecule has 6 nitrogen and oxygen atoms in total. The van der Waals surface area contributed by atoms with E-state index in [2.05, 4.69) is 16.0 Å². The molecule has 31 heavy (non-hydrogen) atoms. The molecule has 4 aromatic rings. The molecule has 156 valence electrons. The van der Waals surface area contributed by atoms with E-state index in [1.54, 1.807) is 23.6 Å². The number of allylic oxidation sites excluding steroid dienone is 1. The van der Waals surface area contributed by atoms with Crippen molar-refractivity contribution >= 4 is 49.8 Å². The third-order valence-electron chi connectivity index (χ3n) is 4.82. The van der Waals surface area contributed by atoms with Gasteiger partial charge in [0.1, 0.15) is 22.4 Å². The predicted octanol–water partition coefficient (Wildman–Crippen LogP) is 5.39. The quantitative estimate of drug-likeness (QED) is 0.184. The summed E-state index contributed by atoms with van der Waals surface area (Å²) in [4.78, 5) is 22.1. The van der Waals surface area contributed by atoms with Gasteiger partial charge in [0.05, 0.1) is 26.4 Å². The number of aromatic nitrogens is 3. The maximum absolute atomic E-state index is 13.0. The Labute approximate surface area is 187 Å². The Morgan fingerprint density at radius 2 is 1.90 bits per heavy atom. The van der Waals surface area contributed by atoms with Crippen molar-refractivity contribution in [2.75, 3.05) is 0 Å². The van der Waals surface area contributed by atoms with Crippen LogP contribution >= 0.6 is 23.1 Å². The first-order valence-corrected chi connectivity index (χ1v) is 11.6. The number of thiazole rings is 1. The molecule has 0 spiro atoms. The Kier molecular flexibility index (Phi) is 6.07. The average Bonchev–Trinajstić information content (AvgIpc) is 3.20. The second-order valence-electron chi connectivity index (χ2n) is 6.99. The minimum absolute atomic E-state index is 0.0722. The molecule has 0 saturated carbocycles. The molecule has 0 aliphatic rings. The Bertz CT molecular complexity index is 1370. The molecular formula is C23H20N4O2S2. The summed E-state index contributed by atoms with van der Waals surface area (Å²) in [5.74, 6) is -0.0722. The van der Waals surface area contributed by atoms with Gasteiger partial charge in [-0.1, -0.05) is 43.0 Å². The van der Waals surface area contributed by atoms with Gasteiger partial charge in [-0.05, 0) is 37.6 Å². The molecule has 1 unspecified atom stereocenters. The van der Waals surface area contributed by atoms with Crippen molar-refractivity contribution in [1.82, 2.24) is 14.5 Å². The van der Waals surface area contributed by atoms with Gasteiger partial charge < -0.3 is 5.11 Å². The molecule has 0 fully saturated rings. The first-order chi connectivity index (χ1) is 15.0. The summed E-state index contributed by atoms with van der Waals surface area (Å²) in [6, 6.07) is 17.0. The number of aliphatic hydroxyl groups excluding tert-OH is 1. The van der Waals surface area contributed by atoms with E-state index in [1.807, 2.05) is 43.3 Å². The fourth-order valence-electron chi connectivity index (χ4n) is 3.27. The first kappa shape index (κ1) is 21.1. The molecule has 0 bridgehead atoms. The third kappa shape index (κ3) is 4.07. The van der Waals surface area contributed by atoms with Gasteiger partial charge in [0, 0.05) is 6.54 Å². The second-order valence-corrected chi connectivity index (χ2v) is 9.33. The summed E-state index contributed by atoms with van der Waals surface area (Å²) in [6.07, 6.45) is 0.777. The smallest absolute Gasteiger partial charge is 0.262 e. The van der Waals surface area contributed by atoms with E-state index < -0.39 is 5.25 Å². The van der Waals surface area contributed by atoms with Crippen molar-refractivity contribution < 1.29 is 5.11 Å². The van der Waals surface area contributed by atoms with Crippen molar-refractivity contribution in [2.45, 2.75) is 37.2 Å². The number of nitrogens with zero attached hydrogens (tertiary/aromatic N) is 4. The Morgan fingerprint density at radius 1 is 1.19 bits per heavy atom. The summed E-state index contributed by atoms with van der Waals surface area (Å²) >= 11 is 2.63. The molecule has 1 atom stereocenters. The Hall–Kier alpha value is -3.15. The minimum Gasteiger partial charge on any atom is -0.510 e. The summed E-state index contributed by atoms with van der Waals surface area (Å²) in [6.45, 7) is 4.32. The molecule has 2 aromatic carbocycles. The van der Waals surface area contributed by atoms with Crippen LogP contribution in [0.3, 0.4) is 0 Å². The molecule has 4 rings (SSSR count). The summed E-state index contributed by atoms with van der Waals surface area (Å²) in [7, 11) is 0. The van der Waals surface area contributed by atoms with Crippen LogP contribution in [0.1, 0.15) is 25.3 Å². The van der Waals surface area contributed by atoms with Gasteiger partial charge >= 0.3 is 0 Å². The molecule has 0 radical (unpaired) electrons. The topological polar surface area (TPSA) is 91.8 Å². The maximum Gasteiger partial charge on any atom is 0.262 e. The number of benzene rings is 2. The van der Waals surface area contributed by atoms with E-state index >= 15 is 0 Å². The first-order valence-electron chi connectivity index (χ1n) is 9.89. The third-order valence-corrected chi connectivity index (χ3v) is 6.97. The maximum atomic E-state index is 13.0. The SMILES string of the molecule is CCCn1c(SC(C)/C(O)=C(\C#N)c2nc3ccccc3s2)nc2ccccc2c1=O. The number of thioether (sulfide) groups is 1. The predicted molar refractivity (Wildman–Crippen MR) is 126 cm³/mol. The van der Waals surface area contributed by atoms with Gasteiger partial charge in [0.2, 0.25) is 0 Å². The number of hydrogen-bond donors (Lipinski definition) is 1. The standard InChI is InChI=1S/C23H20N4O2S2/c1-3-12-27-22(29)15-8-4-5-9-17(15)26-23(27)30-14(2)20(28)16(13-24)21-25-18-10-6-7-11-19(18)31-21/h4-11,14,28H,3,12H2,1-2H3/b20-16-. The highest BCUT2D eigenvalue weighted by Crippen LogP contribution is 2.33. The molecule has 0 saturated heterocycles. The number of aliphatic hydroxyl groups is 1. The molecule has 2 heterocycles. The van der Waals surface area contributed by atoms with Crippen LogP contribution in [-0.4, -0.2) is 24.9 Å². The molecule has 8 heteroatoms. The van der Waals surface area contributed by atoms with Crippen molar-refractivity contribution in [3.8, 4) is 6.07 Å². The Balaban J connectivity index is 1.74. The van der Waals surface area contributed by atoms with Crippen LogP contribution in [0.15, 0.2) is 64.2 Å². The van der Waals surface area contributed by atoms with Crippen LogP contribution < -0.4 is 5.56 Å². The number of hydrogen-bond acceptors (Lipinski definition) is 7. The highest BCUT2D eigenvalue weighted by atomic mass is 32.2. The Morgan fingerprint density at radius 3 is 2.61 bits per heavy atom. The van der Waals surface area contributed by atoms with Crippen LogP contribution in [0.4, 0.5) is 0 Å². The molecule has 0 amide bonds. The van der Waals surface area contributed by atoms with Gasteiger partial charge in [-0.15, -0.1) is 11.3 Å². The number of nitriles is 1. The monoisotopic (exact) mass is 448 g/mol. The fourth-order valence-corrected chi connectivity index (χ4v) is 5.24. The minimum atomic E-state index is -0.488. The van der Waals surface area contributed by atoms with Gasteiger partial charge in [-0.3, -0.25) is 9.36 Å². The van der Waals surface area contributed by atoms with E-state index in [4.69, 9.17) is 0 Å². The van der Waals surface area contributed by atoms with Crippen LogP contribution in [0.25, 0.3) is 26.7 Å². The molecule has 1 N–H and O–H groups in total. The van der Waals surface area contributed by atoms with Gasteiger partial charge in [-0.2, -0.15) is 5.26 Å². The summed E-state index contributed by atoms with van der Waals surface area (Å²) in [5, 5.41) is 21.7. The average molecular weight is 449 g/mol. The number of rotatable bonds is 6. The second kappa shape index (κ2) is 8.92. The molecule has 0 aliphatic heterocycles. The van der Waals surface area contributed by atoms with E-state index in [0.29, 0.717) is 27.6 Å². The lowest BCUT2D eigenvalue weighted by Gasteiger charge is -2.16. The lowest BCUT2D eigenvalue weighted by atomic mass is 10.2. The van der Waals surface area contributed by atoms with E-state index in [-0.39, 0.29) is 16.9 Å². The van der Waals surface area contributed by atoms with Crippen LogP contribution in [0.5, 0.6) is 0 Å². The van der Waals surface area contributed by atoms with E-state index in [9.17, 15) is 15.2 Å². The van der Waals surface area contributed by atoms with E-state index in [1.165, 1.54) is 23.1 Å². The molecular weight excluding hydrogens is 428 g/mol. The highest BCUT2D eigenvalue weighted by molar-refractivity contribution is 7.99. The normalized spacial score (nSPS) is 13.2. The number of para-hydroxylation sites is 2. The highest BCUT2D eigenvalue weighted by Gasteiger charge is 2.22. The van der Waals surface area contributed by atoms with Crippen molar-refractivity contribution in [1.29, 1.82) is 5.26 Å². The van der Waals surface area contributed by atoms with Crippen molar-refractivity contribution in [2.24, 2.45) is 0 Å². The van der Waals surface area contributed by atoms with Gasteiger partial charge in [0.15, 0.2) is 5.16 Å². The van der Waals surface area contributed by atoms with Crippen molar-refractivity contribution in [3.05, 3.63) is 69.7 Å². The zero-order valence-electron chi connectivity index (χ0n) is 17.1. The summed E-state index contributed by atoms with van der Waals surface area (Å²) < 4.78 is 2.59. The van der Waals surface area contributed by atoms with Crippen molar-refractivity contribution in [3.63, 3.8) is 0 Å². The zero-order chi connectivity index (χ0) is 22.0. The van der Waals surface area contributed by atoms with Crippen LogP contribution in [0.2, 0.25) is 0 Å². The van der Waals surface area contributed by atoms with Gasteiger partial charge in [-0.25, -0.2) is 9.97 Å². The lowest BCUT2D eigenvalue weighted by molar-refractivity contribution is 0.401. The molecule has 2 aromatic heterocycles. The largest absolute Gasteiger partial charge is 0.510 e.